The Hall–Kier alpha value is -1.17. The molecule has 0 aliphatic carbocycles. The van der Waals surface area contributed by atoms with Crippen LogP contribution in [0.2, 0.25) is 10.0 Å². The Morgan fingerprint density at radius 2 is 2.14 bits per heavy atom. The molecule has 0 spiro atoms. The molecule has 0 radical (unpaired) electrons. The first-order valence-electron chi connectivity index (χ1n) is 6.24. The summed E-state index contributed by atoms with van der Waals surface area (Å²) in [6.07, 6.45) is 2.89. The average Bonchev–Trinajstić information content (AvgIpc) is 2.48. The van der Waals surface area contributed by atoms with Crippen LogP contribution in [0.25, 0.3) is 6.08 Å². The second kappa shape index (κ2) is 7.20. The largest absolute Gasteiger partial charge is 0.480 e. The van der Waals surface area contributed by atoms with Gasteiger partial charge in [-0.15, -0.1) is 0 Å². The number of amides is 1. The fraction of sp³-hybridized carbons (Fsp3) is 0.286. The van der Waals surface area contributed by atoms with Gasteiger partial charge in [-0.05, 0) is 17.7 Å². The van der Waals surface area contributed by atoms with Gasteiger partial charge in [0.15, 0.2) is 0 Å². The first kappa shape index (κ1) is 16.2. The molecule has 1 aromatic rings. The molecule has 4 nitrogen and oxygen atoms in total. The molecule has 1 atom stereocenters. The summed E-state index contributed by atoms with van der Waals surface area (Å²) in [5.74, 6) is -0.169. The molecule has 1 aliphatic heterocycles. The minimum Gasteiger partial charge on any atom is -0.480 e. The van der Waals surface area contributed by atoms with Gasteiger partial charge in [0.1, 0.15) is 6.04 Å². The zero-order valence-corrected chi connectivity index (χ0v) is 13.3. The third-order valence-corrected chi connectivity index (χ3v) is 4.94. The number of carbonyl (C=O) groups is 2. The molecule has 112 valence electrons. The average molecular weight is 346 g/mol. The van der Waals surface area contributed by atoms with Crippen molar-refractivity contribution in [2.45, 2.75) is 6.04 Å². The maximum Gasteiger partial charge on any atom is 0.327 e. The highest BCUT2D eigenvalue weighted by Gasteiger charge is 2.31. The first-order chi connectivity index (χ1) is 10.0. The number of thioether (sulfide) groups is 1. The molecule has 1 heterocycles. The van der Waals surface area contributed by atoms with Crippen LogP contribution < -0.4 is 0 Å². The molecule has 1 aromatic carbocycles. The number of hydrogen-bond donors (Lipinski definition) is 1. The minimum absolute atomic E-state index is 0.334. The van der Waals surface area contributed by atoms with Crippen molar-refractivity contribution in [3.05, 3.63) is 39.9 Å². The third kappa shape index (κ3) is 3.93. The van der Waals surface area contributed by atoms with Gasteiger partial charge in [0.25, 0.3) is 0 Å². The number of carboxylic acid groups (broad SMARTS) is 1. The lowest BCUT2D eigenvalue weighted by atomic mass is 10.2. The maximum absolute atomic E-state index is 12.2. The van der Waals surface area contributed by atoms with Crippen molar-refractivity contribution >= 4 is 52.9 Å². The molecule has 1 N–H and O–H groups in total. The van der Waals surface area contributed by atoms with Gasteiger partial charge in [0, 0.05) is 24.1 Å². The van der Waals surface area contributed by atoms with E-state index in [9.17, 15) is 9.59 Å². The van der Waals surface area contributed by atoms with Gasteiger partial charge in [0.05, 0.1) is 10.0 Å². The molecule has 0 saturated carbocycles. The Labute approximate surface area is 136 Å². The molecular weight excluding hydrogens is 333 g/mol. The van der Waals surface area contributed by atoms with Gasteiger partial charge in [-0.2, -0.15) is 11.8 Å². The van der Waals surface area contributed by atoms with E-state index in [4.69, 9.17) is 28.3 Å². The van der Waals surface area contributed by atoms with E-state index in [-0.39, 0.29) is 5.91 Å². The maximum atomic E-state index is 12.2. The number of halogens is 2. The molecule has 1 amide bonds. The Balaban J connectivity index is 2.14. The number of aliphatic carboxylic acids is 1. The van der Waals surface area contributed by atoms with E-state index in [0.717, 1.165) is 5.75 Å². The Bertz CT molecular complexity index is 592. The van der Waals surface area contributed by atoms with Crippen molar-refractivity contribution in [2.75, 3.05) is 18.1 Å². The smallest absolute Gasteiger partial charge is 0.327 e. The van der Waals surface area contributed by atoms with Crippen molar-refractivity contribution in [3.8, 4) is 0 Å². The Morgan fingerprint density at radius 1 is 1.38 bits per heavy atom. The second-order valence-corrected chi connectivity index (χ2v) is 6.37. The molecule has 0 aromatic heterocycles. The van der Waals surface area contributed by atoms with Crippen molar-refractivity contribution < 1.29 is 14.7 Å². The van der Waals surface area contributed by atoms with E-state index in [1.165, 1.54) is 22.7 Å². The summed E-state index contributed by atoms with van der Waals surface area (Å²) < 4.78 is 0. The van der Waals surface area contributed by atoms with Crippen LogP contribution in [-0.2, 0) is 9.59 Å². The number of rotatable bonds is 3. The van der Waals surface area contributed by atoms with Gasteiger partial charge >= 0.3 is 5.97 Å². The van der Waals surface area contributed by atoms with Crippen LogP contribution in [0.1, 0.15) is 5.56 Å². The van der Waals surface area contributed by atoms with Crippen LogP contribution >= 0.6 is 35.0 Å². The Morgan fingerprint density at radius 3 is 2.86 bits per heavy atom. The summed E-state index contributed by atoms with van der Waals surface area (Å²) in [5.41, 5.74) is 0.621. The molecule has 0 bridgehead atoms. The second-order valence-electron chi connectivity index (χ2n) is 4.44. The van der Waals surface area contributed by atoms with Crippen molar-refractivity contribution in [3.63, 3.8) is 0 Å². The fourth-order valence-corrected chi connectivity index (χ4v) is 3.39. The van der Waals surface area contributed by atoms with Gasteiger partial charge in [0.2, 0.25) is 5.91 Å². The van der Waals surface area contributed by atoms with Crippen LogP contribution in [0, 0.1) is 0 Å². The predicted octanol–water partition coefficient (Wildman–Crippen LogP) is 3.04. The zero-order chi connectivity index (χ0) is 15.4. The number of hydrogen-bond acceptors (Lipinski definition) is 3. The highest BCUT2D eigenvalue weighted by molar-refractivity contribution is 7.99. The number of nitrogens with zero attached hydrogens (tertiary/aromatic N) is 1. The summed E-state index contributed by atoms with van der Waals surface area (Å²) in [5, 5.41) is 9.93. The molecule has 1 aliphatic rings. The normalized spacial score (nSPS) is 19.0. The van der Waals surface area contributed by atoms with E-state index < -0.39 is 12.0 Å². The van der Waals surface area contributed by atoms with E-state index in [1.807, 2.05) is 0 Å². The number of carbonyl (C=O) groups excluding carboxylic acids is 1. The third-order valence-electron chi connectivity index (χ3n) is 3.08. The van der Waals surface area contributed by atoms with Crippen molar-refractivity contribution in [1.82, 2.24) is 4.90 Å². The summed E-state index contributed by atoms with van der Waals surface area (Å²) in [7, 11) is 0. The van der Waals surface area contributed by atoms with Gasteiger partial charge < -0.3 is 10.0 Å². The molecular formula is C14H13Cl2NO3S. The molecule has 7 heteroatoms. The summed E-state index contributed by atoms with van der Waals surface area (Å²) in [6.45, 7) is 0.425. The minimum atomic E-state index is -0.982. The fourth-order valence-electron chi connectivity index (χ4n) is 1.98. The van der Waals surface area contributed by atoms with E-state index in [0.29, 0.717) is 27.9 Å². The summed E-state index contributed by atoms with van der Waals surface area (Å²) >= 11 is 13.5. The van der Waals surface area contributed by atoms with Crippen LogP contribution in [0.4, 0.5) is 0 Å². The zero-order valence-electron chi connectivity index (χ0n) is 11.0. The molecule has 1 saturated heterocycles. The van der Waals surface area contributed by atoms with Crippen molar-refractivity contribution in [1.29, 1.82) is 0 Å². The molecule has 2 rings (SSSR count). The first-order valence-corrected chi connectivity index (χ1v) is 8.15. The van der Waals surface area contributed by atoms with Gasteiger partial charge in [-0.1, -0.05) is 35.3 Å². The monoisotopic (exact) mass is 345 g/mol. The van der Waals surface area contributed by atoms with Crippen LogP contribution in [0.3, 0.4) is 0 Å². The van der Waals surface area contributed by atoms with E-state index >= 15 is 0 Å². The number of benzene rings is 1. The van der Waals surface area contributed by atoms with Gasteiger partial charge in [-0.3, -0.25) is 4.79 Å². The summed E-state index contributed by atoms with van der Waals surface area (Å²) in [4.78, 5) is 24.7. The quantitative estimate of drug-likeness (QED) is 0.855. The predicted molar refractivity (Wildman–Crippen MR) is 86.0 cm³/mol. The lowest BCUT2D eigenvalue weighted by Gasteiger charge is -2.31. The van der Waals surface area contributed by atoms with Crippen LogP contribution in [0.15, 0.2) is 24.3 Å². The van der Waals surface area contributed by atoms with Crippen LogP contribution in [0.5, 0.6) is 0 Å². The summed E-state index contributed by atoms with van der Waals surface area (Å²) in [6, 6.07) is 4.34. The molecule has 1 unspecified atom stereocenters. The lowest BCUT2D eigenvalue weighted by Crippen LogP contribution is -2.49. The van der Waals surface area contributed by atoms with E-state index in [1.54, 1.807) is 24.3 Å². The van der Waals surface area contributed by atoms with Crippen molar-refractivity contribution in [2.24, 2.45) is 0 Å². The standard InChI is InChI=1S/C14H13Cl2NO3S/c15-10-3-1-2-9(13(10)16)4-5-12(18)17-6-7-21-8-11(17)14(19)20/h1-5,11H,6-8H2,(H,19,20)/b5-4+. The van der Waals surface area contributed by atoms with E-state index in [2.05, 4.69) is 0 Å². The Kier molecular flexibility index (Phi) is 5.56. The molecule has 21 heavy (non-hydrogen) atoms. The van der Waals surface area contributed by atoms with Crippen LogP contribution in [-0.4, -0.2) is 46.0 Å². The number of carboxylic acids is 1. The highest BCUT2D eigenvalue weighted by atomic mass is 35.5. The highest BCUT2D eigenvalue weighted by Crippen LogP contribution is 2.26. The topological polar surface area (TPSA) is 57.6 Å². The van der Waals surface area contributed by atoms with Gasteiger partial charge in [-0.25, -0.2) is 4.79 Å². The SMILES string of the molecule is O=C(O)C1CSCCN1C(=O)/C=C/c1cccc(Cl)c1Cl. The lowest BCUT2D eigenvalue weighted by molar-refractivity contribution is -0.147. The molecule has 1 fully saturated rings.